The summed E-state index contributed by atoms with van der Waals surface area (Å²) in [6, 6.07) is 8.06. The highest BCUT2D eigenvalue weighted by Crippen LogP contribution is 2.31. The number of imidazole rings is 1. The van der Waals surface area contributed by atoms with E-state index in [1.165, 1.54) is 12.8 Å². The number of rotatable bonds is 7. The van der Waals surface area contributed by atoms with Crippen molar-refractivity contribution in [3.8, 4) is 0 Å². The molecule has 2 atom stereocenters. The fraction of sp³-hybridized carbons (Fsp3) is 0.500. The van der Waals surface area contributed by atoms with E-state index in [0.717, 1.165) is 16.9 Å². The average molecular weight is 355 g/mol. The van der Waals surface area contributed by atoms with Gasteiger partial charge in [0, 0.05) is 12.6 Å². The number of carbonyl (C=O) groups excluding carboxylic acids is 1. The molecule has 126 valence electrons. The second kappa shape index (κ2) is 8.04. The first kappa shape index (κ1) is 18.1. The number of thioether (sulfide) groups is 1. The van der Waals surface area contributed by atoms with Gasteiger partial charge in [-0.1, -0.05) is 12.1 Å². The van der Waals surface area contributed by atoms with E-state index in [0.29, 0.717) is 18.2 Å². The molecule has 0 spiro atoms. The second-order valence-corrected chi connectivity index (χ2v) is 7.23. The number of aromatic nitrogens is 2. The minimum absolute atomic E-state index is 0. The van der Waals surface area contributed by atoms with Crippen molar-refractivity contribution >= 4 is 41.1 Å². The van der Waals surface area contributed by atoms with Crippen molar-refractivity contribution in [3.63, 3.8) is 0 Å². The molecule has 5 nitrogen and oxygen atoms in total. The lowest BCUT2D eigenvalue weighted by Crippen LogP contribution is -2.39. The first-order valence-corrected chi connectivity index (χ1v) is 8.77. The average Bonchev–Trinajstić information content (AvgIpc) is 3.28. The van der Waals surface area contributed by atoms with E-state index in [9.17, 15) is 4.79 Å². The standard InChI is InChI=1S/C16H22N4OS.ClH/c1-10(16-19-13-4-2-3-5-14(13)20-16)22-9-15(21)18-8-12(17)11-6-7-11;/h2-5,10-12H,6-9,17H2,1H3,(H,18,21)(H,19,20);1H. The summed E-state index contributed by atoms with van der Waals surface area (Å²) in [6.07, 6.45) is 2.41. The number of nitrogens with two attached hydrogens (primary N) is 1. The maximum atomic E-state index is 11.9. The van der Waals surface area contributed by atoms with E-state index < -0.39 is 0 Å². The van der Waals surface area contributed by atoms with Crippen LogP contribution in [0, 0.1) is 5.92 Å². The summed E-state index contributed by atoms with van der Waals surface area (Å²) in [5.41, 5.74) is 7.98. The molecule has 0 bridgehead atoms. The number of benzene rings is 1. The van der Waals surface area contributed by atoms with Gasteiger partial charge in [0.25, 0.3) is 0 Å². The van der Waals surface area contributed by atoms with Crippen LogP contribution >= 0.6 is 24.2 Å². The SMILES string of the molecule is CC(SCC(=O)NCC(N)C1CC1)c1nc2ccccc2[nH]1.Cl. The molecule has 1 amide bonds. The van der Waals surface area contributed by atoms with Crippen LogP contribution in [0.2, 0.25) is 0 Å². The van der Waals surface area contributed by atoms with Crippen molar-refractivity contribution in [2.24, 2.45) is 11.7 Å². The summed E-state index contributed by atoms with van der Waals surface area (Å²) in [7, 11) is 0. The van der Waals surface area contributed by atoms with Crippen LogP contribution in [-0.4, -0.2) is 34.2 Å². The lowest BCUT2D eigenvalue weighted by Gasteiger charge is -2.12. The molecule has 4 N–H and O–H groups in total. The fourth-order valence-electron chi connectivity index (χ4n) is 2.42. The Balaban J connectivity index is 0.00000192. The van der Waals surface area contributed by atoms with Gasteiger partial charge in [-0.3, -0.25) is 4.79 Å². The minimum atomic E-state index is 0. The zero-order valence-corrected chi connectivity index (χ0v) is 14.8. The number of amides is 1. The summed E-state index contributed by atoms with van der Waals surface area (Å²) in [5, 5.41) is 3.07. The molecule has 1 aliphatic carbocycles. The zero-order valence-electron chi connectivity index (χ0n) is 13.1. The number of nitrogens with one attached hydrogen (secondary N) is 2. The van der Waals surface area contributed by atoms with Crippen LogP contribution in [0.5, 0.6) is 0 Å². The molecule has 2 aromatic rings. The van der Waals surface area contributed by atoms with Gasteiger partial charge < -0.3 is 16.0 Å². The van der Waals surface area contributed by atoms with Crippen LogP contribution < -0.4 is 11.1 Å². The third-order valence-corrected chi connectivity index (χ3v) is 5.17. The zero-order chi connectivity index (χ0) is 15.5. The minimum Gasteiger partial charge on any atom is -0.354 e. The molecule has 1 aliphatic rings. The smallest absolute Gasteiger partial charge is 0.230 e. The van der Waals surface area contributed by atoms with E-state index in [4.69, 9.17) is 5.73 Å². The van der Waals surface area contributed by atoms with Gasteiger partial charge in [0.05, 0.1) is 22.0 Å². The Labute approximate surface area is 146 Å². The van der Waals surface area contributed by atoms with Crippen molar-refractivity contribution in [1.29, 1.82) is 0 Å². The highest BCUT2D eigenvalue weighted by Gasteiger charge is 2.28. The molecule has 0 aliphatic heterocycles. The van der Waals surface area contributed by atoms with E-state index in [2.05, 4.69) is 22.2 Å². The number of fused-ring (bicyclic) bond motifs is 1. The first-order valence-electron chi connectivity index (χ1n) is 7.72. The van der Waals surface area contributed by atoms with Crippen LogP contribution in [0.1, 0.15) is 30.8 Å². The second-order valence-electron chi connectivity index (χ2n) is 5.90. The molecule has 1 aromatic carbocycles. The summed E-state index contributed by atoms with van der Waals surface area (Å²) in [4.78, 5) is 19.8. The largest absolute Gasteiger partial charge is 0.354 e. The van der Waals surface area contributed by atoms with Gasteiger partial charge in [-0.25, -0.2) is 4.98 Å². The van der Waals surface area contributed by atoms with Crippen LogP contribution in [0.25, 0.3) is 11.0 Å². The van der Waals surface area contributed by atoms with Gasteiger partial charge in [0.1, 0.15) is 5.82 Å². The van der Waals surface area contributed by atoms with Crippen LogP contribution in [-0.2, 0) is 4.79 Å². The number of nitrogens with zero attached hydrogens (tertiary/aromatic N) is 1. The fourth-order valence-corrected chi connectivity index (χ4v) is 3.19. The molecule has 1 aromatic heterocycles. The Bertz CT molecular complexity index is 625. The summed E-state index contributed by atoms with van der Waals surface area (Å²) >= 11 is 1.58. The number of halogens is 1. The van der Waals surface area contributed by atoms with Crippen molar-refractivity contribution in [2.45, 2.75) is 31.1 Å². The summed E-state index contributed by atoms with van der Waals surface area (Å²) in [6.45, 7) is 2.65. The first-order chi connectivity index (χ1) is 10.6. The van der Waals surface area contributed by atoms with Crippen molar-refractivity contribution < 1.29 is 4.79 Å². The Kier molecular flexibility index (Phi) is 6.33. The van der Waals surface area contributed by atoms with Crippen molar-refractivity contribution in [2.75, 3.05) is 12.3 Å². The molecule has 1 saturated carbocycles. The molecule has 1 heterocycles. The maximum Gasteiger partial charge on any atom is 0.230 e. The Morgan fingerprint density at radius 1 is 1.48 bits per heavy atom. The summed E-state index contributed by atoms with van der Waals surface area (Å²) in [5.74, 6) is 2.00. The van der Waals surface area contributed by atoms with Gasteiger partial charge in [0.15, 0.2) is 0 Å². The van der Waals surface area contributed by atoms with Gasteiger partial charge >= 0.3 is 0 Å². The highest BCUT2D eigenvalue weighted by atomic mass is 35.5. The number of carbonyl (C=O) groups is 1. The van der Waals surface area contributed by atoms with Gasteiger partial charge in [-0.2, -0.15) is 0 Å². The molecule has 0 saturated heterocycles. The van der Waals surface area contributed by atoms with Crippen molar-refractivity contribution in [3.05, 3.63) is 30.1 Å². The molecular weight excluding hydrogens is 332 g/mol. The number of H-pyrrole nitrogens is 1. The third kappa shape index (κ3) is 4.86. The number of aromatic amines is 1. The highest BCUT2D eigenvalue weighted by molar-refractivity contribution is 8.00. The van der Waals surface area contributed by atoms with Crippen molar-refractivity contribution in [1.82, 2.24) is 15.3 Å². The topological polar surface area (TPSA) is 83.8 Å². The lowest BCUT2D eigenvalue weighted by atomic mass is 10.2. The molecule has 23 heavy (non-hydrogen) atoms. The maximum absolute atomic E-state index is 11.9. The van der Waals surface area contributed by atoms with E-state index >= 15 is 0 Å². The molecule has 3 rings (SSSR count). The van der Waals surface area contributed by atoms with E-state index in [1.807, 2.05) is 24.3 Å². The molecule has 2 unspecified atom stereocenters. The normalized spacial score (nSPS) is 16.6. The number of para-hydroxylation sites is 2. The predicted octanol–water partition coefficient (Wildman–Crippen LogP) is 2.63. The monoisotopic (exact) mass is 354 g/mol. The molecule has 7 heteroatoms. The Morgan fingerprint density at radius 2 is 2.22 bits per heavy atom. The number of hydrogen-bond acceptors (Lipinski definition) is 4. The van der Waals surface area contributed by atoms with E-state index in [1.54, 1.807) is 11.8 Å². The molecule has 1 fully saturated rings. The van der Waals surface area contributed by atoms with Crippen LogP contribution in [0.15, 0.2) is 24.3 Å². The van der Waals surface area contributed by atoms with Gasteiger partial charge in [-0.15, -0.1) is 24.2 Å². The quantitative estimate of drug-likeness (QED) is 0.713. The summed E-state index contributed by atoms with van der Waals surface area (Å²) < 4.78 is 0. The lowest BCUT2D eigenvalue weighted by molar-refractivity contribution is -0.118. The predicted molar refractivity (Wildman–Crippen MR) is 97.9 cm³/mol. The molecular formula is C16H23ClN4OS. The Morgan fingerprint density at radius 3 is 2.91 bits per heavy atom. The van der Waals surface area contributed by atoms with Gasteiger partial charge in [0.2, 0.25) is 5.91 Å². The number of hydrogen-bond donors (Lipinski definition) is 3. The Hall–Kier alpha value is -1.24. The van der Waals surface area contributed by atoms with E-state index in [-0.39, 0.29) is 29.6 Å². The van der Waals surface area contributed by atoms with Gasteiger partial charge in [-0.05, 0) is 37.8 Å². The van der Waals surface area contributed by atoms with Crippen LogP contribution in [0.4, 0.5) is 0 Å². The van der Waals surface area contributed by atoms with Crippen LogP contribution in [0.3, 0.4) is 0 Å². The molecule has 0 radical (unpaired) electrons. The third-order valence-electron chi connectivity index (χ3n) is 4.02.